The van der Waals surface area contributed by atoms with Crippen LogP contribution in [0.4, 0.5) is 14.9 Å². The van der Waals surface area contributed by atoms with Crippen molar-refractivity contribution in [2.24, 2.45) is 0 Å². The lowest BCUT2D eigenvalue weighted by Crippen LogP contribution is -2.54. The first-order chi connectivity index (χ1) is 15.4. The summed E-state index contributed by atoms with van der Waals surface area (Å²) in [6.45, 7) is 2.04. The molecule has 1 saturated heterocycles. The second-order valence-electron chi connectivity index (χ2n) is 7.95. The van der Waals surface area contributed by atoms with E-state index < -0.39 is 17.8 Å². The molecule has 0 unspecified atom stereocenters. The fraction of sp³-hybridized carbons (Fsp3) is 0.261. The zero-order valence-corrected chi connectivity index (χ0v) is 17.3. The summed E-state index contributed by atoms with van der Waals surface area (Å²) in [6, 6.07) is 8.78. The lowest BCUT2D eigenvalue weighted by Gasteiger charge is -2.36. The summed E-state index contributed by atoms with van der Waals surface area (Å²) in [6.07, 6.45) is 2.88. The second kappa shape index (κ2) is 7.67. The summed E-state index contributed by atoms with van der Waals surface area (Å²) in [4.78, 5) is 40.9. The number of anilines is 1. The molecular weight excluding hydrogens is 417 g/mol. The predicted octanol–water partition coefficient (Wildman–Crippen LogP) is 2.86. The Bertz CT molecular complexity index is 1180. The number of halogens is 1. The lowest BCUT2D eigenvalue weighted by molar-refractivity contribution is -0.130. The normalized spacial score (nSPS) is 21.1. The lowest BCUT2D eigenvalue weighted by atomic mass is 9.96. The van der Waals surface area contributed by atoms with E-state index >= 15 is 0 Å². The smallest absolute Gasteiger partial charge is 0.331 e. The zero-order valence-electron chi connectivity index (χ0n) is 17.3. The summed E-state index contributed by atoms with van der Waals surface area (Å²) in [5.41, 5.74) is 2.03. The summed E-state index contributed by atoms with van der Waals surface area (Å²) in [5, 5.41) is 2.24. The molecule has 3 aliphatic heterocycles. The number of carbonyl (C=O) groups is 3. The van der Waals surface area contributed by atoms with Gasteiger partial charge in [-0.15, -0.1) is 0 Å². The molecule has 0 saturated carbocycles. The molecule has 5 rings (SSSR count). The summed E-state index contributed by atoms with van der Waals surface area (Å²) in [5.74, 6) is -0.669. The van der Waals surface area contributed by atoms with Crippen molar-refractivity contribution in [1.82, 2.24) is 10.2 Å². The van der Waals surface area contributed by atoms with E-state index in [4.69, 9.17) is 9.47 Å². The number of barbiturate groups is 1. The van der Waals surface area contributed by atoms with Gasteiger partial charge in [-0.25, -0.2) is 9.18 Å². The number of imide groups is 2. The first-order valence-electron chi connectivity index (χ1n) is 10.2. The van der Waals surface area contributed by atoms with Crippen LogP contribution in [0.25, 0.3) is 0 Å². The fourth-order valence-corrected chi connectivity index (χ4v) is 4.13. The van der Waals surface area contributed by atoms with Crippen LogP contribution in [0.5, 0.6) is 11.5 Å². The van der Waals surface area contributed by atoms with Crippen molar-refractivity contribution in [2.75, 3.05) is 11.7 Å². The third-order valence-electron chi connectivity index (χ3n) is 5.86. The predicted molar refractivity (Wildman–Crippen MR) is 111 cm³/mol. The van der Waals surface area contributed by atoms with Gasteiger partial charge in [0.05, 0.1) is 6.54 Å². The number of hydrogen-bond acceptors (Lipinski definition) is 6. The largest absolute Gasteiger partial charge is 0.454 e. The standard InChI is InChI=1S/C23H20FN3O5/c1-13-2-4-15-9-16(24)5-6-18(15)26(13)11-17-21(28)25-23(30)27(22(17)29)10-14-3-7-19-20(8-14)32-12-31-19/h3,5-9,11,13H,2,4,10,12H2,1H3,(H,25,28,30)/b17-11-/t13-/m0/s1. The Hall–Kier alpha value is -3.88. The minimum Gasteiger partial charge on any atom is -0.454 e. The molecule has 0 bridgehead atoms. The molecule has 3 aliphatic rings. The highest BCUT2D eigenvalue weighted by Gasteiger charge is 2.37. The van der Waals surface area contributed by atoms with E-state index in [0.29, 0.717) is 23.5 Å². The molecule has 1 N–H and O–H groups in total. The van der Waals surface area contributed by atoms with Crippen molar-refractivity contribution in [2.45, 2.75) is 32.4 Å². The highest BCUT2D eigenvalue weighted by Crippen LogP contribution is 2.34. The molecule has 32 heavy (non-hydrogen) atoms. The van der Waals surface area contributed by atoms with Gasteiger partial charge in [0.25, 0.3) is 11.8 Å². The number of urea groups is 1. The van der Waals surface area contributed by atoms with E-state index in [1.807, 2.05) is 6.92 Å². The number of benzene rings is 2. The van der Waals surface area contributed by atoms with Gasteiger partial charge in [-0.1, -0.05) is 6.07 Å². The molecule has 0 spiro atoms. The first kappa shape index (κ1) is 20.0. The summed E-state index contributed by atoms with van der Waals surface area (Å²) in [7, 11) is 0. The number of amides is 4. The Labute approximate surface area is 183 Å². The molecule has 4 amide bonds. The molecule has 2 aromatic carbocycles. The average Bonchev–Trinajstić information content (AvgIpc) is 3.23. The van der Waals surface area contributed by atoms with Crippen molar-refractivity contribution in [1.29, 1.82) is 0 Å². The highest BCUT2D eigenvalue weighted by molar-refractivity contribution is 6.28. The number of aryl methyl sites for hydroxylation is 1. The van der Waals surface area contributed by atoms with E-state index in [0.717, 1.165) is 22.6 Å². The molecule has 9 heteroatoms. The fourth-order valence-electron chi connectivity index (χ4n) is 4.13. The van der Waals surface area contributed by atoms with Gasteiger partial charge in [-0.05, 0) is 61.2 Å². The van der Waals surface area contributed by atoms with Gasteiger partial charge in [0.2, 0.25) is 6.79 Å². The van der Waals surface area contributed by atoms with Crippen LogP contribution in [0.3, 0.4) is 0 Å². The average molecular weight is 437 g/mol. The van der Waals surface area contributed by atoms with Gasteiger partial charge in [0.1, 0.15) is 11.4 Å². The Morgan fingerprint density at radius 2 is 1.94 bits per heavy atom. The van der Waals surface area contributed by atoms with Gasteiger partial charge in [0.15, 0.2) is 11.5 Å². The SMILES string of the molecule is C[C@H]1CCc2cc(F)ccc2N1/C=C1/C(=O)NC(=O)N(Cc2ccc3c(c2)OCO3)C1=O. The van der Waals surface area contributed by atoms with Crippen molar-refractivity contribution in [3.8, 4) is 11.5 Å². The molecule has 1 fully saturated rings. The number of nitrogens with zero attached hydrogens (tertiary/aromatic N) is 2. The number of carbonyl (C=O) groups excluding carboxylic acids is 3. The van der Waals surface area contributed by atoms with Crippen molar-refractivity contribution in [3.05, 3.63) is 65.1 Å². The van der Waals surface area contributed by atoms with Crippen LogP contribution in [-0.4, -0.2) is 35.6 Å². The van der Waals surface area contributed by atoms with Crippen LogP contribution in [0.2, 0.25) is 0 Å². The van der Waals surface area contributed by atoms with Crippen LogP contribution in [0, 0.1) is 5.82 Å². The first-order valence-corrected chi connectivity index (χ1v) is 10.2. The molecule has 0 aliphatic carbocycles. The molecule has 3 heterocycles. The van der Waals surface area contributed by atoms with E-state index in [1.54, 1.807) is 29.2 Å². The minimum absolute atomic E-state index is 0.0130. The number of nitrogens with one attached hydrogen (secondary N) is 1. The molecule has 164 valence electrons. The monoisotopic (exact) mass is 437 g/mol. The molecule has 0 radical (unpaired) electrons. The molecule has 0 aromatic heterocycles. The van der Waals surface area contributed by atoms with Crippen LogP contribution in [0.1, 0.15) is 24.5 Å². The zero-order chi connectivity index (χ0) is 22.4. The number of hydrogen-bond donors (Lipinski definition) is 1. The number of ether oxygens (including phenoxy) is 2. The third kappa shape index (κ3) is 3.45. The Balaban J connectivity index is 1.45. The maximum atomic E-state index is 13.7. The minimum atomic E-state index is -0.788. The maximum Gasteiger partial charge on any atom is 0.331 e. The van der Waals surface area contributed by atoms with Crippen molar-refractivity contribution < 1.29 is 28.2 Å². The summed E-state index contributed by atoms with van der Waals surface area (Å²) >= 11 is 0. The van der Waals surface area contributed by atoms with Crippen molar-refractivity contribution in [3.63, 3.8) is 0 Å². The van der Waals surface area contributed by atoms with Crippen LogP contribution in [-0.2, 0) is 22.6 Å². The van der Waals surface area contributed by atoms with Crippen LogP contribution < -0.4 is 19.7 Å². The number of rotatable bonds is 3. The van der Waals surface area contributed by atoms with Gasteiger partial charge in [-0.3, -0.25) is 19.8 Å². The maximum absolute atomic E-state index is 13.7. The summed E-state index contributed by atoms with van der Waals surface area (Å²) < 4.78 is 24.3. The molecule has 8 nitrogen and oxygen atoms in total. The Morgan fingerprint density at radius 3 is 2.78 bits per heavy atom. The molecule has 2 aromatic rings. The van der Waals surface area contributed by atoms with Crippen LogP contribution >= 0.6 is 0 Å². The van der Waals surface area contributed by atoms with Gasteiger partial charge in [-0.2, -0.15) is 0 Å². The van der Waals surface area contributed by atoms with E-state index in [9.17, 15) is 18.8 Å². The second-order valence-corrected chi connectivity index (χ2v) is 7.95. The van der Waals surface area contributed by atoms with Crippen LogP contribution in [0.15, 0.2) is 48.2 Å². The highest BCUT2D eigenvalue weighted by atomic mass is 19.1. The van der Waals surface area contributed by atoms with E-state index in [2.05, 4.69) is 5.32 Å². The molecule has 1 atom stereocenters. The van der Waals surface area contributed by atoms with Gasteiger partial charge >= 0.3 is 6.03 Å². The van der Waals surface area contributed by atoms with Gasteiger partial charge < -0.3 is 14.4 Å². The van der Waals surface area contributed by atoms with E-state index in [1.165, 1.54) is 18.3 Å². The van der Waals surface area contributed by atoms with Gasteiger partial charge in [0, 0.05) is 17.9 Å². The third-order valence-corrected chi connectivity index (χ3v) is 5.86. The number of fused-ring (bicyclic) bond motifs is 2. The van der Waals surface area contributed by atoms with E-state index in [-0.39, 0.29) is 30.8 Å². The Kier molecular flexibility index (Phi) is 4.80. The Morgan fingerprint density at radius 1 is 1.12 bits per heavy atom. The molecular formula is C23H20FN3O5. The topological polar surface area (TPSA) is 88.2 Å². The quantitative estimate of drug-likeness (QED) is 0.587. The van der Waals surface area contributed by atoms with Crippen molar-refractivity contribution >= 4 is 23.5 Å².